The molecule has 0 saturated carbocycles. The van der Waals surface area contributed by atoms with E-state index in [1.165, 1.54) is 5.56 Å². The summed E-state index contributed by atoms with van der Waals surface area (Å²) in [6, 6.07) is 10.1. The number of carbonyl (C=O) groups is 1. The third kappa shape index (κ3) is 2.19. The van der Waals surface area contributed by atoms with Crippen molar-refractivity contribution in [2.45, 2.75) is 25.9 Å². The van der Waals surface area contributed by atoms with Crippen molar-refractivity contribution < 1.29 is 4.79 Å². The lowest BCUT2D eigenvalue weighted by Crippen LogP contribution is -2.54. The number of fused-ring (bicyclic) bond motifs is 1. The molecule has 0 radical (unpaired) electrons. The summed E-state index contributed by atoms with van der Waals surface area (Å²) < 4.78 is 0. The average Bonchev–Trinajstić information content (AvgIpc) is 2.33. The van der Waals surface area contributed by atoms with Gasteiger partial charge in [-0.1, -0.05) is 18.2 Å². The number of benzene rings is 1. The monoisotopic (exact) mass is 255 g/mol. The first-order valence-electron chi connectivity index (χ1n) is 6.54. The summed E-state index contributed by atoms with van der Waals surface area (Å²) in [5, 5.41) is 1.16. The zero-order valence-electron chi connectivity index (χ0n) is 11.0. The van der Waals surface area contributed by atoms with Crippen LogP contribution in [-0.2, 0) is 11.3 Å². The molecule has 1 aliphatic rings. The average molecular weight is 255 g/mol. The van der Waals surface area contributed by atoms with E-state index in [0.717, 1.165) is 36.1 Å². The molecule has 0 bridgehead atoms. The van der Waals surface area contributed by atoms with E-state index in [2.05, 4.69) is 22.0 Å². The van der Waals surface area contributed by atoms with E-state index in [-0.39, 0.29) is 11.9 Å². The van der Waals surface area contributed by atoms with Crippen LogP contribution >= 0.6 is 0 Å². The highest BCUT2D eigenvalue weighted by atomic mass is 16.1. The molecule has 1 aliphatic heterocycles. The van der Waals surface area contributed by atoms with Crippen molar-refractivity contribution in [3.8, 4) is 0 Å². The van der Waals surface area contributed by atoms with Crippen molar-refractivity contribution in [1.29, 1.82) is 0 Å². The maximum atomic E-state index is 11.3. The fourth-order valence-electron chi connectivity index (χ4n) is 2.70. The number of carbonyl (C=O) groups excluding carboxylic acids is 1. The second kappa shape index (κ2) is 4.63. The Labute approximate surface area is 112 Å². The number of nitrogens with zero attached hydrogens (tertiary/aromatic N) is 2. The summed E-state index contributed by atoms with van der Waals surface area (Å²) in [4.78, 5) is 17.9. The van der Waals surface area contributed by atoms with E-state index >= 15 is 0 Å². The predicted octanol–water partition coefficient (Wildman–Crippen LogP) is 1.60. The highest BCUT2D eigenvalue weighted by Crippen LogP contribution is 2.24. The first-order valence-corrected chi connectivity index (χ1v) is 6.54. The normalized spacial score (nSPS) is 19.3. The van der Waals surface area contributed by atoms with Gasteiger partial charge in [-0.2, -0.15) is 0 Å². The molecule has 0 aliphatic carbocycles. The van der Waals surface area contributed by atoms with Gasteiger partial charge < -0.3 is 5.73 Å². The molecule has 1 saturated heterocycles. The summed E-state index contributed by atoms with van der Waals surface area (Å²) in [5.41, 5.74) is 8.62. The molecule has 0 spiro atoms. The van der Waals surface area contributed by atoms with Gasteiger partial charge in [-0.25, -0.2) is 0 Å². The van der Waals surface area contributed by atoms with Crippen molar-refractivity contribution in [2.24, 2.45) is 5.73 Å². The van der Waals surface area contributed by atoms with Crippen LogP contribution in [0.1, 0.15) is 17.7 Å². The lowest BCUT2D eigenvalue weighted by atomic mass is 9.99. The number of aryl methyl sites for hydroxylation is 1. The van der Waals surface area contributed by atoms with Crippen LogP contribution in [0.2, 0.25) is 0 Å². The number of nitrogens with two attached hydrogens (primary N) is 1. The number of aromatic nitrogens is 1. The molecule has 1 atom stereocenters. The van der Waals surface area contributed by atoms with Crippen LogP contribution in [-0.4, -0.2) is 28.4 Å². The van der Waals surface area contributed by atoms with E-state index in [4.69, 9.17) is 5.73 Å². The van der Waals surface area contributed by atoms with Crippen LogP contribution in [0.15, 0.2) is 30.3 Å². The molecule has 4 nitrogen and oxygen atoms in total. The Morgan fingerprint density at radius 2 is 2.26 bits per heavy atom. The molecular weight excluding hydrogens is 238 g/mol. The first kappa shape index (κ1) is 12.1. The van der Waals surface area contributed by atoms with Crippen LogP contribution in [0, 0.1) is 6.92 Å². The Morgan fingerprint density at radius 3 is 2.95 bits per heavy atom. The van der Waals surface area contributed by atoms with Gasteiger partial charge in [0.25, 0.3) is 0 Å². The zero-order valence-corrected chi connectivity index (χ0v) is 11.0. The summed E-state index contributed by atoms with van der Waals surface area (Å²) in [6.45, 7) is 3.69. The van der Waals surface area contributed by atoms with E-state index in [0.29, 0.717) is 0 Å². The van der Waals surface area contributed by atoms with Crippen molar-refractivity contribution in [3.05, 3.63) is 41.6 Å². The second-order valence-electron chi connectivity index (χ2n) is 5.12. The SMILES string of the molecule is Cc1cc(CN2CCC2C(N)=O)c2ccccc2n1. The lowest BCUT2D eigenvalue weighted by molar-refractivity contribution is -0.127. The Kier molecular flexibility index (Phi) is 2.95. The number of amides is 1. The van der Waals surface area contributed by atoms with Crippen LogP contribution < -0.4 is 5.73 Å². The fraction of sp³-hybridized carbons (Fsp3) is 0.333. The second-order valence-corrected chi connectivity index (χ2v) is 5.12. The number of rotatable bonds is 3. The number of likely N-dealkylation sites (tertiary alicyclic amines) is 1. The quantitative estimate of drug-likeness (QED) is 0.906. The van der Waals surface area contributed by atoms with Gasteiger partial charge in [0.05, 0.1) is 11.6 Å². The van der Waals surface area contributed by atoms with Gasteiger partial charge in [-0.05, 0) is 31.0 Å². The minimum atomic E-state index is -0.221. The Balaban J connectivity index is 1.94. The van der Waals surface area contributed by atoms with E-state index in [1.807, 2.05) is 25.1 Å². The molecule has 3 rings (SSSR count). The van der Waals surface area contributed by atoms with Gasteiger partial charge in [-0.15, -0.1) is 0 Å². The number of hydrogen-bond donors (Lipinski definition) is 1. The molecular formula is C15H17N3O. The number of hydrogen-bond acceptors (Lipinski definition) is 3. The molecule has 4 heteroatoms. The summed E-state index contributed by atoms with van der Waals surface area (Å²) >= 11 is 0. The predicted molar refractivity (Wildman–Crippen MR) is 74.5 cm³/mol. The molecule has 98 valence electrons. The topological polar surface area (TPSA) is 59.2 Å². The Hall–Kier alpha value is -1.94. The summed E-state index contributed by atoms with van der Waals surface area (Å²) in [7, 11) is 0. The standard InChI is InChI=1S/C15H17N3O/c1-10-8-11(9-18-7-6-14(18)15(16)19)12-4-2-3-5-13(12)17-10/h2-5,8,14H,6-7,9H2,1H3,(H2,16,19). The Morgan fingerprint density at radius 1 is 1.47 bits per heavy atom. The molecule has 1 aromatic heterocycles. The Bertz CT molecular complexity index is 638. The first-order chi connectivity index (χ1) is 9.15. The smallest absolute Gasteiger partial charge is 0.234 e. The highest BCUT2D eigenvalue weighted by molar-refractivity contribution is 5.83. The largest absolute Gasteiger partial charge is 0.368 e. The molecule has 2 N–H and O–H groups in total. The van der Waals surface area contributed by atoms with Crippen molar-refractivity contribution >= 4 is 16.8 Å². The van der Waals surface area contributed by atoms with Crippen LogP contribution in [0.5, 0.6) is 0 Å². The third-order valence-electron chi connectivity index (χ3n) is 3.76. The van der Waals surface area contributed by atoms with E-state index in [9.17, 15) is 4.79 Å². The van der Waals surface area contributed by atoms with E-state index < -0.39 is 0 Å². The van der Waals surface area contributed by atoms with Crippen molar-refractivity contribution in [1.82, 2.24) is 9.88 Å². The van der Waals surface area contributed by atoms with Crippen LogP contribution in [0.3, 0.4) is 0 Å². The van der Waals surface area contributed by atoms with Crippen molar-refractivity contribution in [3.63, 3.8) is 0 Å². The van der Waals surface area contributed by atoms with Gasteiger partial charge in [-0.3, -0.25) is 14.7 Å². The molecule has 1 fully saturated rings. The number of para-hydroxylation sites is 1. The minimum Gasteiger partial charge on any atom is -0.368 e. The molecule has 1 amide bonds. The maximum absolute atomic E-state index is 11.3. The number of primary amides is 1. The van der Waals surface area contributed by atoms with Gasteiger partial charge in [0.15, 0.2) is 0 Å². The molecule has 1 unspecified atom stereocenters. The fourth-order valence-corrected chi connectivity index (χ4v) is 2.70. The van der Waals surface area contributed by atoms with Crippen molar-refractivity contribution in [2.75, 3.05) is 6.54 Å². The molecule has 1 aromatic carbocycles. The highest BCUT2D eigenvalue weighted by Gasteiger charge is 2.32. The molecule has 2 heterocycles. The summed E-state index contributed by atoms with van der Waals surface area (Å²) in [6.07, 6.45) is 0.872. The van der Waals surface area contributed by atoms with Gasteiger partial charge >= 0.3 is 0 Å². The third-order valence-corrected chi connectivity index (χ3v) is 3.76. The summed E-state index contributed by atoms with van der Waals surface area (Å²) in [5.74, 6) is -0.221. The molecule has 19 heavy (non-hydrogen) atoms. The van der Waals surface area contributed by atoms with Gasteiger partial charge in [0.1, 0.15) is 0 Å². The van der Waals surface area contributed by atoms with Crippen LogP contribution in [0.25, 0.3) is 10.9 Å². The zero-order chi connectivity index (χ0) is 13.4. The number of pyridine rings is 1. The van der Waals surface area contributed by atoms with Crippen LogP contribution in [0.4, 0.5) is 0 Å². The molecule has 2 aromatic rings. The van der Waals surface area contributed by atoms with Gasteiger partial charge in [0.2, 0.25) is 5.91 Å². The maximum Gasteiger partial charge on any atom is 0.234 e. The van der Waals surface area contributed by atoms with E-state index in [1.54, 1.807) is 0 Å². The minimum absolute atomic E-state index is 0.104. The lowest BCUT2D eigenvalue weighted by Gasteiger charge is -2.38. The van der Waals surface area contributed by atoms with Gasteiger partial charge in [0, 0.05) is 24.2 Å².